The fraction of sp³-hybridized carbons (Fsp3) is 0.250. The molecule has 124 valence electrons. The number of para-hydroxylation sites is 1. The summed E-state index contributed by atoms with van der Waals surface area (Å²) >= 11 is 0. The van der Waals surface area contributed by atoms with Crippen LogP contribution in [0.25, 0.3) is 0 Å². The standard InChI is InChI=1S/C16H16F3NO3/c17-16(18,19)14-8-11(20-9-12(22)10-21)6-7-15(14)23-13-4-2-1-3-5-13/h1-8,12,20-22H,9-10H2. The minimum absolute atomic E-state index is 0.0628. The molecule has 0 bridgehead atoms. The van der Waals surface area contributed by atoms with E-state index in [0.717, 1.165) is 6.07 Å². The van der Waals surface area contributed by atoms with Crippen LogP contribution in [-0.2, 0) is 6.18 Å². The summed E-state index contributed by atoms with van der Waals surface area (Å²) in [5, 5.41) is 20.6. The number of anilines is 1. The number of rotatable bonds is 6. The molecule has 0 aliphatic rings. The zero-order chi connectivity index (χ0) is 16.9. The Morgan fingerprint density at radius 2 is 1.78 bits per heavy atom. The number of alkyl halides is 3. The van der Waals surface area contributed by atoms with Crippen molar-refractivity contribution in [1.82, 2.24) is 0 Å². The first kappa shape index (κ1) is 17.1. The lowest BCUT2D eigenvalue weighted by Gasteiger charge is -2.16. The summed E-state index contributed by atoms with van der Waals surface area (Å²) in [6.07, 6.45) is -5.64. The highest BCUT2D eigenvalue weighted by atomic mass is 19.4. The van der Waals surface area contributed by atoms with Crippen LogP contribution in [0, 0.1) is 0 Å². The highest BCUT2D eigenvalue weighted by Crippen LogP contribution is 2.39. The third kappa shape index (κ3) is 4.87. The SMILES string of the molecule is OCC(O)CNc1ccc(Oc2ccccc2)c(C(F)(F)F)c1. The molecule has 4 nitrogen and oxygen atoms in total. The Balaban J connectivity index is 2.25. The van der Waals surface area contributed by atoms with E-state index in [1.54, 1.807) is 30.3 Å². The minimum Gasteiger partial charge on any atom is -0.457 e. The Morgan fingerprint density at radius 3 is 2.39 bits per heavy atom. The van der Waals surface area contributed by atoms with E-state index >= 15 is 0 Å². The fourth-order valence-corrected chi connectivity index (χ4v) is 1.87. The van der Waals surface area contributed by atoms with Crippen molar-refractivity contribution in [3.8, 4) is 11.5 Å². The predicted octanol–water partition coefficient (Wildman–Crippen LogP) is 3.26. The van der Waals surface area contributed by atoms with Crippen molar-refractivity contribution < 1.29 is 28.1 Å². The summed E-state index contributed by atoms with van der Waals surface area (Å²) in [4.78, 5) is 0. The van der Waals surface area contributed by atoms with E-state index in [-0.39, 0.29) is 18.0 Å². The predicted molar refractivity (Wildman–Crippen MR) is 79.5 cm³/mol. The van der Waals surface area contributed by atoms with Crippen LogP contribution in [0.15, 0.2) is 48.5 Å². The number of ether oxygens (including phenoxy) is 1. The molecule has 0 radical (unpaired) electrons. The normalized spacial score (nSPS) is 12.7. The molecule has 0 aliphatic carbocycles. The lowest BCUT2D eigenvalue weighted by atomic mass is 10.1. The average molecular weight is 327 g/mol. The van der Waals surface area contributed by atoms with Crippen molar-refractivity contribution in [2.24, 2.45) is 0 Å². The molecular formula is C16H16F3NO3. The van der Waals surface area contributed by atoms with Crippen molar-refractivity contribution in [3.63, 3.8) is 0 Å². The van der Waals surface area contributed by atoms with Crippen LogP contribution in [-0.4, -0.2) is 29.5 Å². The van der Waals surface area contributed by atoms with E-state index in [0.29, 0.717) is 5.75 Å². The first-order valence-corrected chi connectivity index (χ1v) is 6.87. The Hall–Kier alpha value is -2.25. The monoisotopic (exact) mass is 327 g/mol. The molecule has 2 aromatic rings. The average Bonchev–Trinajstić information content (AvgIpc) is 2.53. The van der Waals surface area contributed by atoms with Gasteiger partial charge < -0.3 is 20.3 Å². The van der Waals surface area contributed by atoms with Crippen molar-refractivity contribution in [1.29, 1.82) is 0 Å². The maximum atomic E-state index is 13.2. The maximum absolute atomic E-state index is 13.2. The van der Waals surface area contributed by atoms with Crippen molar-refractivity contribution >= 4 is 5.69 Å². The van der Waals surface area contributed by atoms with Crippen LogP contribution in [0.5, 0.6) is 11.5 Å². The number of hydrogen-bond acceptors (Lipinski definition) is 4. The second kappa shape index (κ2) is 7.34. The van der Waals surface area contributed by atoms with E-state index in [2.05, 4.69) is 5.32 Å². The lowest BCUT2D eigenvalue weighted by molar-refractivity contribution is -0.138. The molecule has 0 heterocycles. The van der Waals surface area contributed by atoms with Gasteiger partial charge >= 0.3 is 6.18 Å². The molecule has 0 aromatic heterocycles. The van der Waals surface area contributed by atoms with Crippen LogP contribution in [0.1, 0.15) is 5.56 Å². The minimum atomic E-state index is -4.59. The Morgan fingerprint density at radius 1 is 1.09 bits per heavy atom. The third-order valence-corrected chi connectivity index (χ3v) is 3.01. The highest BCUT2D eigenvalue weighted by molar-refractivity contribution is 5.53. The van der Waals surface area contributed by atoms with E-state index in [4.69, 9.17) is 9.84 Å². The summed E-state index contributed by atoms with van der Waals surface area (Å²) in [6.45, 7) is -0.541. The molecule has 0 amide bonds. The van der Waals surface area contributed by atoms with Crippen LogP contribution in [0.2, 0.25) is 0 Å². The van der Waals surface area contributed by atoms with Gasteiger partial charge in [-0.2, -0.15) is 13.2 Å². The van der Waals surface area contributed by atoms with Gasteiger partial charge in [0.2, 0.25) is 0 Å². The summed E-state index contributed by atoms with van der Waals surface area (Å²) in [7, 11) is 0. The van der Waals surface area contributed by atoms with Gasteiger partial charge in [0.15, 0.2) is 0 Å². The van der Waals surface area contributed by atoms with Gasteiger partial charge in [0.1, 0.15) is 17.1 Å². The smallest absolute Gasteiger partial charge is 0.420 e. The van der Waals surface area contributed by atoms with Gasteiger partial charge in [-0.15, -0.1) is 0 Å². The number of nitrogens with one attached hydrogen (secondary N) is 1. The molecule has 0 fully saturated rings. The molecule has 0 spiro atoms. The van der Waals surface area contributed by atoms with Crippen LogP contribution in [0.4, 0.5) is 18.9 Å². The van der Waals surface area contributed by atoms with Crippen LogP contribution < -0.4 is 10.1 Å². The largest absolute Gasteiger partial charge is 0.457 e. The van der Waals surface area contributed by atoms with Gasteiger partial charge in [0.25, 0.3) is 0 Å². The molecule has 23 heavy (non-hydrogen) atoms. The van der Waals surface area contributed by atoms with Crippen LogP contribution in [0.3, 0.4) is 0 Å². The summed E-state index contributed by atoms with van der Waals surface area (Å²) in [5.74, 6) is -0.00799. The van der Waals surface area contributed by atoms with Gasteiger partial charge in [-0.05, 0) is 30.3 Å². The molecule has 0 aliphatic heterocycles. The molecule has 3 N–H and O–H groups in total. The highest BCUT2D eigenvalue weighted by Gasteiger charge is 2.35. The third-order valence-electron chi connectivity index (χ3n) is 3.01. The Labute approximate surface area is 131 Å². The molecule has 1 atom stereocenters. The van der Waals surface area contributed by atoms with E-state index in [1.165, 1.54) is 12.1 Å². The fourth-order valence-electron chi connectivity index (χ4n) is 1.87. The first-order valence-electron chi connectivity index (χ1n) is 6.87. The number of benzene rings is 2. The molecule has 2 rings (SSSR count). The van der Waals surface area contributed by atoms with Crippen molar-refractivity contribution in [2.75, 3.05) is 18.5 Å². The molecule has 0 saturated heterocycles. The molecule has 1 unspecified atom stereocenters. The second-order valence-corrected chi connectivity index (χ2v) is 4.84. The number of halogens is 3. The molecular weight excluding hydrogens is 311 g/mol. The zero-order valence-electron chi connectivity index (χ0n) is 12.0. The van der Waals surface area contributed by atoms with Crippen molar-refractivity contribution in [2.45, 2.75) is 12.3 Å². The van der Waals surface area contributed by atoms with Crippen LogP contribution >= 0.6 is 0 Å². The van der Waals surface area contributed by atoms with E-state index in [9.17, 15) is 18.3 Å². The topological polar surface area (TPSA) is 61.7 Å². The van der Waals surface area contributed by atoms with Crippen molar-refractivity contribution in [3.05, 3.63) is 54.1 Å². The van der Waals surface area contributed by atoms with E-state index < -0.39 is 24.5 Å². The number of aliphatic hydroxyl groups excluding tert-OH is 2. The summed E-state index contributed by atoms with van der Waals surface area (Å²) < 4.78 is 44.9. The molecule has 2 aromatic carbocycles. The van der Waals surface area contributed by atoms with Gasteiger partial charge in [-0.3, -0.25) is 0 Å². The Kier molecular flexibility index (Phi) is 5.46. The second-order valence-electron chi connectivity index (χ2n) is 4.84. The Bertz CT molecular complexity index is 632. The zero-order valence-corrected chi connectivity index (χ0v) is 12.0. The number of hydrogen-bond donors (Lipinski definition) is 3. The van der Waals surface area contributed by atoms with Gasteiger partial charge in [-0.1, -0.05) is 18.2 Å². The molecule has 0 saturated carbocycles. The van der Waals surface area contributed by atoms with Gasteiger partial charge in [0.05, 0.1) is 12.7 Å². The number of aliphatic hydroxyl groups is 2. The lowest BCUT2D eigenvalue weighted by Crippen LogP contribution is -2.23. The maximum Gasteiger partial charge on any atom is 0.420 e. The van der Waals surface area contributed by atoms with E-state index in [1.807, 2.05) is 0 Å². The first-order chi connectivity index (χ1) is 10.9. The van der Waals surface area contributed by atoms with Gasteiger partial charge in [0, 0.05) is 12.2 Å². The summed E-state index contributed by atoms with van der Waals surface area (Å²) in [5.41, 5.74) is -0.755. The summed E-state index contributed by atoms with van der Waals surface area (Å²) in [6, 6.07) is 11.7. The van der Waals surface area contributed by atoms with Gasteiger partial charge in [-0.25, -0.2) is 0 Å². The quantitative estimate of drug-likeness (QED) is 0.762. The molecule has 7 heteroatoms.